The molecule has 0 atom stereocenters. The maximum absolute atomic E-state index is 12.0. The second-order valence-electron chi connectivity index (χ2n) is 4.00. The van der Waals surface area contributed by atoms with E-state index in [2.05, 4.69) is 5.32 Å². The van der Waals surface area contributed by atoms with Crippen LogP contribution in [0.5, 0.6) is 0 Å². The van der Waals surface area contributed by atoms with Crippen LogP contribution in [-0.4, -0.2) is 10.8 Å². The van der Waals surface area contributed by atoms with Crippen LogP contribution >= 0.6 is 11.6 Å². The van der Waals surface area contributed by atoms with Crippen LogP contribution in [0, 0.1) is 10.1 Å². The fourth-order valence-electron chi connectivity index (χ4n) is 1.55. The van der Waals surface area contributed by atoms with Crippen LogP contribution < -0.4 is 11.1 Å². The third kappa shape index (κ3) is 3.04. The molecule has 7 heteroatoms. The Hall–Kier alpha value is -2.60. The van der Waals surface area contributed by atoms with E-state index in [1.165, 1.54) is 18.2 Å². The molecule has 3 N–H and O–H groups in total. The lowest BCUT2D eigenvalue weighted by Crippen LogP contribution is -2.12. The molecule has 0 aliphatic carbocycles. The number of non-ortho nitro benzene ring substituents is 1. The van der Waals surface area contributed by atoms with E-state index in [9.17, 15) is 14.9 Å². The molecule has 0 saturated carbocycles. The van der Waals surface area contributed by atoms with E-state index in [0.717, 1.165) is 0 Å². The van der Waals surface area contributed by atoms with Gasteiger partial charge < -0.3 is 11.1 Å². The Morgan fingerprint density at radius 2 is 1.85 bits per heavy atom. The van der Waals surface area contributed by atoms with Gasteiger partial charge in [0.25, 0.3) is 11.6 Å². The Morgan fingerprint density at radius 1 is 1.20 bits per heavy atom. The average Bonchev–Trinajstić information content (AvgIpc) is 2.41. The summed E-state index contributed by atoms with van der Waals surface area (Å²) in [6.45, 7) is 0. The standard InChI is InChI=1S/C13H10ClN3O3/c14-11-7-10(17(19)20)5-6-12(11)16-13(18)8-1-3-9(15)4-2-8/h1-7H,15H2,(H,16,18). The molecule has 0 saturated heterocycles. The second kappa shape index (κ2) is 5.58. The van der Waals surface area contributed by atoms with E-state index < -0.39 is 4.92 Å². The van der Waals surface area contributed by atoms with Gasteiger partial charge in [0, 0.05) is 23.4 Å². The maximum atomic E-state index is 12.0. The number of nitrogens with zero attached hydrogens (tertiary/aromatic N) is 1. The molecule has 102 valence electrons. The first-order chi connectivity index (χ1) is 9.47. The summed E-state index contributed by atoms with van der Waals surface area (Å²) >= 11 is 5.89. The summed E-state index contributed by atoms with van der Waals surface area (Å²) in [5.41, 5.74) is 6.66. The van der Waals surface area contributed by atoms with E-state index in [1.54, 1.807) is 24.3 Å². The van der Waals surface area contributed by atoms with Crippen molar-refractivity contribution in [3.8, 4) is 0 Å². The predicted octanol–water partition coefficient (Wildman–Crippen LogP) is 3.08. The number of nitro groups is 1. The number of rotatable bonds is 3. The first kappa shape index (κ1) is 13.8. The number of nitrogens with two attached hydrogens (primary N) is 1. The Balaban J connectivity index is 2.19. The van der Waals surface area contributed by atoms with E-state index in [1.807, 2.05) is 0 Å². The number of benzene rings is 2. The number of nitro benzene ring substituents is 1. The molecule has 1 amide bonds. The van der Waals surface area contributed by atoms with E-state index in [0.29, 0.717) is 16.9 Å². The number of carbonyl (C=O) groups is 1. The van der Waals surface area contributed by atoms with Gasteiger partial charge in [-0.05, 0) is 30.3 Å². The van der Waals surface area contributed by atoms with Crippen molar-refractivity contribution in [2.24, 2.45) is 0 Å². The lowest BCUT2D eigenvalue weighted by Gasteiger charge is -2.07. The lowest BCUT2D eigenvalue weighted by atomic mass is 10.2. The van der Waals surface area contributed by atoms with Crippen molar-refractivity contribution >= 4 is 34.6 Å². The van der Waals surface area contributed by atoms with Gasteiger partial charge in [0.2, 0.25) is 0 Å². The molecule has 0 aromatic heterocycles. The van der Waals surface area contributed by atoms with Crippen LogP contribution in [-0.2, 0) is 0 Å². The van der Waals surface area contributed by atoms with Gasteiger partial charge in [-0.15, -0.1) is 0 Å². The number of amides is 1. The van der Waals surface area contributed by atoms with Crippen LogP contribution in [0.2, 0.25) is 5.02 Å². The van der Waals surface area contributed by atoms with Crippen LogP contribution in [0.4, 0.5) is 17.1 Å². The number of nitrogens with one attached hydrogen (secondary N) is 1. The summed E-state index contributed by atoms with van der Waals surface area (Å²) in [7, 11) is 0. The molecule has 6 nitrogen and oxygen atoms in total. The fraction of sp³-hybridized carbons (Fsp3) is 0. The second-order valence-corrected chi connectivity index (χ2v) is 4.40. The highest BCUT2D eigenvalue weighted by molar-refractivity contribution is 6.34. The van der Waals surface area contributed by atoms with Crippen LogP contribution in [0.15, 0.2) is 42.5 Å². The summed E-state index contributed by atoms with van der Waals surface area (Å²) in [6, 6.07) is 10.2. The number of hydrogen-bond acceptors (Lipinski definition) is 4. The largest absolute Gasteiger partial charge is 0.399 e. The van der Waals surface area contributed by atoms with E-state index >= 15 is 0 Å². The highest BCUT2D eigenvalue weighted by Gasteiger charge is 2.12. The summed E-state index contributed by atoms with van der Waals surface area (Å²) in [6.07, 6.45) is 0. The van der Waals surface area contributed by atoms with Gasteiger partial charge in [-0.1, -0.05) is 11.6 Å². The molecule has 2 rings (SSSR count). The van der Waals surface area contributed by atoms with Crippen molar-refractivity contribution in [1.29, 1.82) is 0 Å². The number of carbonyl (C=O) groups excluding carboxylic acids is 1. The zero-order chi connectivity index (χ0) is 14.7. The van der Waals surface area contributed by atoms with Gasteiger partial charge in [0.05, 0.1) is 15.6 Å². The average molecular weight is 292 g/mol. The minimum atomic E-state index is -0.558. The molecule has 0 spiro atoms. The molecule has 0 unspecified atom stereocenters. The Labute approximate surface area is 119 Å². The highest BCUT2D eigenvalue weighted by atomic mass is 35.5. The van der Waals surface area contributed by atoms with Crippen molar-refractivity contribution in [2.45, 2.75) is 0 Å². The Morgan fingerprint density at radius 3 is 2.40 bits per heavy atom. The van der Waals surface area contributed by atoms with Gasteiger partial charge in [-0.3, -0.25) is 14.9 Å². The SMILES string of the molecule is Nc1ccc(C(=O)Nc2ccc([N+](=O)[O-])cc2Cl)cc1. The third-order valence-electron chi connectivity index (χ3n) is 2.58. The van der Waals surface area contributed by atoms with E-state index in [-0.39, 0.29) is 16.6 Å². The number of hydrogen-bond donors (Lipinski definition) is 2. The van der Waals surface area contributed by atoms with E-state index in [4.69, 9.17) is 17.3 Å². The van der Waals surface area contributed by atoms with Crippen molar-refractivity contribution in [2.75, 3.05) is 11.1 Å². The zero-order valence-corrected chi connectivity index (χ0v) is 10.9. The maximum Gasteiger partial charge on any atom is 0.271 e. The molecule has 0 radical (unpaired) electrons. The predicted molar refractivity (Wildman–Crippen MR) is 76.9 cm³/mol. The van der Waals surface area contributed by atoms with Gasteiger partial charge in [0.15, 0.2) is 0 Å². The molecule has 0 aliphatic rings. The lowest BCUT2D eigenvalue weighted by molar-refractivity contribution is -0.384. The zero-order valence-electron chi connectivity index (χ0n) is 10.2. The summed E-state index contributed by atoms with van der Waals surface area (Å²) in [5.74, 6) is -0.374. The fourth-order valence-corrected chi connectivity index (χ4v) is 1.77. The summed E-state index contributed by atoms with van der Waals surface area (Å²) in [4.78, 5) is 22.0. The highest BCUT2D eigenvalue weighted by Crippen LogP contribution is 2.27. The molecule has 0 aliphatic heterocycles. The summed E-state index contributed by atoms with van der Waals surface area (Å²) in [5, 5.41) is 13.3. The van der Waals surface area contributed by atoms with Crippen molar-refractivity contribution in [3.05, 3.63) is 63.2 Å². The van der Waals surface area contributed by atoms with Crippen molar-refractivity contribution < 1.29 is 9.72 Å². The molecule has 2 aromatic rings. The first-order valence-corrected chi connectivity index (χ1v) is 5.96. The van der Waals surface area contributed by atoms with Crippen LogP contribution in [0.3, 0.4) is 0 Å². The first-order valence-electron chi connectivity index (χ1n) is 5.58. The molecule has 0 heterocycles. The third-order valence-corrected chi connectivity index (χ3v) is 2.90. The van der Waals surface area contributed by atoms with Gasteiger partial charge in [-0.2, -0.15) is 0 Å². The van der Waals surface area contributed by atoms with Gasteiger partial charge in [-0.25, -0.2) is 0 Å². The Kier molecular flexibility index (Phi) is 3.86. The monoisotopic (exact) mass is 291 g/mol. The molecule has 0 fully saturated rings. The van der Waals surface area contributed by atoms with Crippen LogP contribution in [0.1, 0.15) is 10.4 Å². The smallest absolute Gasteiger partial charge is 0.271 e. The Bertz CT molecular complexity index is 671. The molecular formula is C13H10ClN3O3. The molecular weight excluding hydrogens is 282 g/mol. The number of nitrogen functional groups attached to an aromatic ring is 1. The van der Waals surface area contributed by atoms with Gasteiger partial charge in [0.1, 0.15) is 0 Å². The summed E-state index contributed by atoms with van der Waals surface area (Å²) < 4.78 is 0. The van der Waals surface area contributed by atoms with Crippen molar-refractivity contribution in [3.63, 3.8) is 0 Å². The minimum absolute atomic E-state index is 0.1000. The molecule has 0 bridgehead atoms. The quantitative estimate of drug-likeness (QED) is 0.516. The van der Waals surface area contributed by atoms with Crippen molar-refractivity contribution in [1.82, 2.24) is 0 Å². The molecule has 2 aromatic carbocycles. The molecule has 20 heavy (non-hydrogen) atoms. The van der Waals surface area contributed by atoms with Gasteiger partial charge >= 0.3 is 0 Å². The number of halogens is 1. The minimum Gasteiger partial charge on any atom is -0.399 e. The normalized spacial score (nSPS) is 10.1. The topological polar surface area (TPSA) is 98.3 Å². The van der Waals surface area contributed by atoms with Crippen LogP contribution in [0.25, 0.3) is 0 Å². The number of anilines is 2.